The van der Waals surface area contributed by atoms with Gasteiger partial charge in [0.25, 0.3) is 0 Å². The predicted molar refractivity (Wildman–Crippen MR) is 216 cm³/mol. The molecule has 53 heavy (non-hydrogen) atoms. The molecule has 0 aliphatic heterocycles. The van der Waals surface area contributed by atoms with Crippen LogP contribution in [0.2, 0.25) is 0 Å². The zero-order chi connectivity index (χ0) is 37.2. The van der Waals surface area contributed by atoms with Crippen LogP contribution in [0.25, 0.3) is 55.5 Å². The van der Waals surface area contributed by atoms with Crippen LogP contribution >= 0.6 is 0 Å². The van der Waals surface area contributed by atoms with E-state index in [1.54, 1.807) is 0 Å². The lowest BCUT2D eigenvalue weighted by Crippen LogP contribution is -2.17. The molecule has 0 atom stereocenters. The molecular formula is C46H43N5O2. The molecule has 0 unspecified atom stereocenters. The van der Waals surface area contributed by atoms with Crippen molar-refractivity contribution in [2.24, 2.45) is 0 Å². The van der Waals surface area contributed by atoms with Crippen LogP contribution < -0.4 is 4.90 Å². The van der Waals surface area contributed by atoms with Crippen LogP contribution in [0.3, 0.4) is 0 Å². The van der Waals surface area contributed by atoms with Crippen molar-refractivity contribution in [3.05, 3.63) is 132 Å². The zero-order valence-electron chi connectivity index (χ0n) is 31.5. The lowest BCUT2D eigenvalue weighted by Gasteiger charge is -2.28. The molecule has 0 fully saturated rings. The normalized spacial score (nSPS) is 12.2. The van der Waals surface area contributed by atoms with Gasteiger partial charge in [0.15, 0.2) is 11.4 Å². The van der Waals surface area contributed by atoms with Gasteiger partial charge in [-0.2, -0.15) is 0 Å². The van der Waals surface area contributed by atoms with Gasteiger partial charge in [0, 0.05) is 39.9 Å². The second-order valence-corrected chi connectivity index (χ2v) is 15.9. The number of pyridine rings is 2. The van der Waals surface area contributed by atoms with Crippen molar-refractivity contribution < 1.29 is 9.52 Å². The van der Waals surface area contributed by atoms with Gasteiger partial charge in [0.2, 0.25) is 0 Å². The van der Waals surface area contributed by atoms with Gasteiger partial charge >= 0.3 is 0 Å². The van der Waals surface area contributed by atoms with E-state index in [4.69, 9.17) is 24.4 Å². The molecule has 0 saturated heterocycles. The second-order valence-electron chi connectivity index (χ2n) is 15.9. The highest BCUT2D eigenvalue weighted by molar-refractivity contribution is 6.08. The molecule has 7 nitrogen and oxygen atoms in total. The van der Waals surface area contributed by atoms with Gasteiger partial charge in [-0.1, -0.05) is 90.1 Å². The average molecular weight is 698 g/mol. The molecule has 8 aromatic rings. The Hall–Kier alpha value is -6.08. The number of fused-ring (bicyclic) bond motifs is 4. The quantitative estimate of drug-likeness (QED) is 0.191. The van der Waals surface area contributed by atoms with Crippen LogP contribution in [0.5, 0.6) is 5.75 Å². The highest BCUT2D eigenvalue weighted by Gasteiger charge is 2.29. The standard InChI is InChI=1S/C46H43N5O2/c1-27-20-22-47-28(2)41(27)51(38-19-13-14-21-48-38)36-24-30(23-29-15-9-10-16-32(29)36)44-49-39-33-17-11-12-18-37(33)53-43(39)40(50-44)34-25-31(45(3,4)5)26-35(42(34)52)46(6,7)8/h9-26,52H,1-8H3. The van der Waals surface area contributed by atoms with Crippen LogP contribution in [0.15, 0.2) is 114 Å². The first kappa shape index (κ1) is 34.0. The van der Waals surface area contributed by atoms with Crippen molar-refractivity contribution in [1.82, 2.24) is 19.9 Å². The smallest absolute Gasteiger partial charge is 0.180 e. The average Bonchev–Trinajstić information content (AvgIpc) is 3.51. The largest absolute Gasteiger partial charge is 0.507 e. The van der Waals surface area contributed by atoms with Crippen molar-refractivity contribution in [3.63, 3.8) is 0 Å². The van der Waals surface area contributed by atoms with Crippen molar-refractivity contribution in [2.45, 2.75) is 66.2 Å². The maximum atomic E-state index is 12.1. The molecule has 0 aliphatic rings. The Balaban J connectivity index is 1.47. The number of phenolic OH excluding ortho intramolecular Hbond substituents is 1. The van der Waals surface area contributed by atoms with Gasteiger partial charge in [-0.3, -0.25) is 9.88 Å². The fraction of sp³-hybridized carbons (Fsp3) is 0.217. The van der Waals surface area contributed by atoms with Crippen LogP contribution in [0.4, 0.5) is 17.2 Å². The summed E-state index contributed by atoms with van der Waals surface area (Å²) in [7, 11) is 0. The Morgan fingerprint density at radius 2 is 1.43 bits per heavy atom. The highest BCUT2D eigenvalue weighted by atomic mass is 16.3. The van der Waals surface area contributed by atoms with Gasteiger partial charge in [-0.25, -0.2) is 15.0 Å². The summed E-state index contributed by atoms with van der Waals surface area (Å²) in [6, 6.07) is 32.7. The van der Waals surface area contributed by atoms with E-state index in [1.165, 1.54) is 0 Å². The molecule has 0 saturated carbocycles. The summed E-state index contributed by atoms with van der Waals surface area (Å²) in [6.45, 7) is 17.1. The van der Waals surface area contributed by atoms with Crippen LogP contribution in [0, 0.1) is 13.8 Å². The minimum atomic E-state index is -0.326. The van der Waals surface area contributed by atoms with E-state index in [1.807, 2.05) is 73.9 Å². The number of hydrogen-bond donors (Lipinski definition) is 1. The second kappa shape index (κ2) is 12.6. The van der Waals surface area contributed by atoms with Crippen LogP contribution in [0.1, 0.15) is 63.9 Å². The molecule has 0 bridgehead atoms. The zero-order valence-corrected chi connectivity index (χ0v) is 31.5. The maximum Gasteiger partial charge on any atom is 0.180 e. The van der Waals surface area contributed by atoms with E-state index in [9.17, 15) is 5.11 Å². The number of nitrogens with zero attached hydrogens (tertiary/aromatic N) is 5. The van der Waals surface area contributed by atoms with Crippen molar-refractivity contribution >= 4 is 50.0 Å². The number of phenols is 1. The van der Waals surface area contributed by atoms with Crippen molar-refractivity contribution in [3.8, 4) is 28.4 Å². The van der Waals surface area contributed by atoms with Gasteiger partial charge in [-0.15, -0.1) is 0 Å². The lowest BCUT2D eigenvalue weighted by atomic mass is 9.78. The third-order valence-corrected chi connectivity index (χ3v) is 10.0. The summed E-state index contributed by atoms with van der Waals surface area (Å²) in [5.74, 6) is 1.48. The molecule has 8 rings (SSSR count). The molecule has 0 spiro atoms. The third kappa shape index (κ3) is 5.96. The number of hydrogen-bond acceptors (Lipinski definition) is 7. The first-order chi connectivity index (χ1) is 25.3. The number of anilines is 3. The number of aromatic hydroxyl groups is 1. The summed E-state index contributed by atoms with van der Waals surface area (Å²) in [5, 5.41) is 15.1. The molecule has 4 aromatic heterocycles. The fourth-order valence-corrected chi connectivity index (χ4v) is 7.20. The summed E-state index contributed by atoms with van der Waals surface area (Å²) in [6.07, 6.45) is 3.65. The number of furan rings is 1. The number of para-hydroxylation sites is 1. The molecule has 7 heteroatoms. The van der Waals surface area contributed by atoms with Gasteiger partial charge in [-0.05, 0) is 89.7 Å². The van der Waals surface area contributed by atoms with Crippen LogP contribution in [-0.4, -0.2) is 25.0 Å². The Bertz CT molecular complexity index is 2660. The third-order valence-electron chi connectivity index (χ3n) is 10.0. The monoisotopic (exact) mass is 697 g/mol. The fourth-order valence-electron chi connectivity index (χ4n) is 7.20. The molecule has 4 aromatic carbocycles. The number of rotatable bonds is 5. The summed E-state index contributed by atoms with van der Waals surface area (Å²) in [4.78, 5) is 22.3. The minimum Gasteiger partial charge on any atom is -0.507 e. The molecule has 4 heterocycles. The van der Waals surface area contributed by atoms with E-state index in [-0.39, 0.29) is 16.6 Å². The van der Waals surface area contributed by atoms with E-state index in [2.05, 4.69) is 95.8 Å². The van der Waals surface area contributed by atoms with E-state index in [0.717, 1.165) is 61.3 Å². The van der Waals surface area contributed by atoms with Gasteiger partial charge < -0.3 is 9.52 Å². The molecule has 264 valence electrons. The summed E-state index contributed by atoms with van der Waals surface area (Å²) in [5.41, 5.74) is 9.20. The number of aryl methyl sites for hydroxylation is 2. The van der Waals surface area contributed by atoms with E-state index < -0.39 is 0 Å². The predicted octanol–water partition coefficient (Wildman–Crippen LogP) is 12.0. The molecule has 1 N–H and O–H groups in total. The highest BCUT2D eigenvalue weighted by Crippen LogP contribution is 2.46. The molecule has 0 amide bonds. The van der Waals surface area contributed by atoms with Gasteiger partial charge in [0.05, 0.1) is 17.1 Å². The van der Waals surface area contributed by atoms with E-state index in [0.29, 0.717) is 33.8 Å². The Labute approximate surface area is 310 Å². The van der Waals surface area contributed by atoms with E-state index >= 15 is 0 Å². The Morgan fingerprint density at radius 3 is 2.15 bits per heavy atom. The summed E-state index contributed by atoms with van der Waals surface area (Å²) < 4.78 is 6.55. The molecular weight excluding hydrogens is 655 g/mol. The minimum absolute atomic E-state index is 0.184. The maximum absolute atomic E-state index is 12.1. The van der Waals surface area contributed by atoms with Crippen LogP contribution in [-0.2, 0) is 10.8 Å². The first-order valence-corrected chi connectivity index (χ1v) is 18.0. The number of benzene rings is 4. The van der Waals surface area contributed by atoms with Crippen molar-refractivity contribution in [1.29, 1.82) is 0 Å². The molecule has 0 aliphatic carbocycles. The van der Waals surface area contributed by atoms with Gasteiger partial charge in [0.1, 0.15) is 28.4 Å². The summed E-state index contributed by atoms with van der Waals surface area (Å²) >= 11 is 0. The van der Waals surface area contributed by atoms with Crippen molar-refractivity contribution in [2.75, 3.05) is 4.90 Å². The topological polar surface area (TPSA) is 88.2 Å². The lowest BCUT2D eigenvalue weighted by molar-refractivity contribution is 0.446. The number of aromatic nitrogens is 4. The molecule has 0 radical (unpaired) electrons. The first-order valence-electron chi connectivity index (χ1n) is 18.0. The SMILES string of the molecule is Cc1ccnc(C)c1N(c1ccccn1)c1cc(-c2nc(-c3cc(C(C)(C)C)cc(C(C)(C)C)c3O)c3oc4ccccc4c3n2)cc2ccccc12. The Morgan fingerprint density at radius 1 is 0.698 bits per heavy atom. The Kier molecular flexibility index (Phi) is 8.06.